The summed E-state index contributed by atoms with van der Waals surface area (Å²) >= 11 is 0. The Balaban J connectivity index is -0.000000960. The first kappa shape index (κ1) is 38.6. The molecule has 0 bridgehead atoms. The van der Waals surface area contributed by atoms with Gasteiger partial charge in [-0.05, 0) is 25.5 Å². The summed E-state index contributed by atoms with van der Waals surface area (Å²) in [6.45, 7) is 3.30. The quantitative estimate of drug-likeness (QED) is 0.195. The van der Waals surface area contributed by atoms with Crippen molar-refractivity contribution in [2.24, 2.45) is 0 Å². The fourth-order valence-corrected chi connectivity index (χ4v) is 1.62. The van der Waals surface area contributed by atoms with Crippen molar-refractivity contribution in [1.29, 1.82) is 0 Å². The zero-order valence-corrected chi connectivity index (χ0v) is 32.6. The molecule has 136 valence electrons. The Kier molecular flexibility index (Phi) is 39.0. The van der Waals surface area contributed by atoms with Crippen LogP contribution in [0.5, 0.6) is 0 Å². The molecule has 0 N–H and O–H groups in total. The molecule has 28 heavy (non-hydrogen) atoms. The summed E-state index contributed by atoms with van der Waals surface area (Å²) < 4.78 is 0. The molecule has 0 aromatic rings. The molecule has 0 aliphatic rings. The van der Waals surface area contributed by atoms with Gasteiger partial charge in [0.15, 0.2) is 0 Å². The second kappa shape index (κ2) is 28.3. The van der Waals surface area contributed by atoms with E-state index in [1.165, 1.54) is 31.2 Å². The van der Waals surface area contributed by atoms with E-state index in [0.29, 0.717) is 25.7 Å². The minimum absolute atomic E-state index is 0. The van der Waals surface area contributed by atoms with Crippen molar-refractivity contribution in [3.05, 3.63) is 36.5 Å². The van der Waals surface area contributed by atoms with Crippen LogP contribution in [-0.2, 0) is 4.79 Å². The maximum Gasteiger partial charge on any atom is 1.00 e. The molecule has 0 fully saturated rings. The van der Waals surface area contributed by atoms with E-state index in [1.807, 2.05) is 0 Å². The molecule has 0 aromatic carbocycles. The van der Waals surface area contributed by atoms with E-state index in [0.717, 1.165) is 0 Å². The third-order valence-corrected chi connectivity index (χ3v) is 3.06. The maximum atomic E-state index is 11.6. The number of carbonyl (C=O) groups is 1. The second-order valence-corrected chi connectivity index (χ2v) is 5.49. The van der Waals surface area contributed by atoms with Gasteiger partial charge in [0.05, 0.1) is 0 Å². The van der Waals surface area contributed by atoms with Crippen LogP contribution in [0.15, 0.2) is 36.5 Å². The molecule has 0 saturated heterocycles. The van der Waals surface area contributed by atoms with Gasteiger partial charge in [-0.25, -0.2) is 0 Å². The van der Waals surface area contributed by atoms with Crippen LogP contribution in [0.4, 0.5) is 0 Å². The average molecular weight is 598 g/mol. The Hall–Kier alpha value is 3.31. The largest absolute Gasteiger partial charge is 1.00 e. The third-order valence-electron chi connectivity index (χ3n) is 3.06. The number of hydrogen-bond donors (Lipinski definition) is 0. The Morgan fingerprint density at radius 2 is 1.64 bits per heavy atom. The SMILES string of the molecule is CC[C@H]([O-])/C=C/C#CC[C@@H]([O-])/C=C/C=C/C#C[C@@H]([O-])CCCC(C)=O.[Rb+].[Rb+].[Rb+]. The van der Waals surface area contributed by atoms with Crippen molar-refractivity contribution in [2.45, 2.75) is 64.3 Å². The van der Waals surface area contributed by atoms with Crippen LogP contribution in [0.3, 0.4) is 0 Å². The summed E-state index contributed by atoms with van der Waals surface area (Å²) in [6, 6.07) is 0. The van der Waals surface area contributed by atoms with Crippen LogP contribution in [0.1, 0.15) is 46.0 Å². The van der Waals surface area contributed by atoms with E-state index in [2.05, 4.69) is 23.7 Å². The summed E-state index contributed by atoms with van der Waals surface area (Å²) in [5.41, 5.74) is 0. The molecule has 4 nitrogen and oxygen atoms in total. The van der Waals surface area contributed by atoms with Crippen LogP contribution in [0, 0.1) is 23.7 Å². The Morgan fingerprint density at radius 1 is 0.964 bits per heavy atom. The van der Waals surface area contributed by atoms with E-state index in [-0.39, 0.29) is 187 Å². The van der Waals surface area contributed by atoms with Gasteiger partial charge < -0.3 is 20.1 Å². The maximum absolute atomic E-state index is 11.6. The summed E-state index contributed by atoms with van der Waals surface area (Å²) in [7, 11) is 0. The fraction of sp³-hybridized carbons (Fsp3) is 0.476. The zero-order valence-electron chi connectivity index (χ0n) is 17.9. The Morgan fingerprint density at radius 3 is 2.25 bits per heavy atom. The molecule has 0 spiro atoms. The first-order valence-electron chi connectivity index (χ1n) is 8.42. The van der Waals surface area contributed by atoms with E-state index in [1.54, 1.807) is 19.1 Å². The molecule has 0 unspecified atom stereocenters. The van der Waals surface area contributed by atoms with Crippen LogP contribution in [0.2, 0.25) is 0 Å². The minimum atomic E-state index is -0.995. The number of ketones is 1. The second-order valence-electron chi connectivity index (χ2n) is 5.49. The van der Waals surface area contributed by atoms with E-state index < -0.39 is 18.3 Å². The number of Topliss-reactive ketones (excluding diaryl/α,β-unsaturated/α-hetero) is 1. The monoisotopic (exact) mass is 596 g/mol. The van der Waals surface area contributed by atoms with Gasteiger partial charge in [0.2, 0.25) is 0 Å². The van der Waals surface area contributed by atoms with Gasteiger partial charge in [0.25, 0.3) is 0 Å². The van der Waals surface area contributed by atoms with Gasteiger partial charge in [-0.1, -0.05) is 74.0 Å². The van der Waals surface area contributed by atoms with E-state index >= 15 is 0 Å². The predicted molar refractivity (Wildman–Crippen MR) is 93.8 cm³/mol. The third kappa shape index (κ3) is 29.3. The average Bonchev–Trinajstić information content (AvgIpc) is 2.57. The van der Waals surface area contributed by atoms with Crippen molar-refractivity contribution in [3.63, 3.8) is 0 Å². The summed E-state index contributed by atoms with van der Waals surface area (Å²) in [5.74, 6) is 10.6. The van der Waals surface area contributed by atoms with Crippen molar-refractivity contribution in [1.82, 2.24) is 0 Å². The molecule has 0 aliphatic heterocycles. The topological polar surface area (TPSA) is 86.2 Å². The number of hydrogen-bond acceptors (Lipinski definition) is 4. The van der Waals surface area contributed by atoms with Gasteiger partial charge >= 0.3 is 175 Å². The van der Waals surface area contributed by atoms with Crippen LogP contribution in [-0.4, -0.2) is 24.1 Å². The predicted octanol–water partition coefficient (Wildman–Crippen LogP) is -8.58. The van der Waals surface area contributed by atoms with Crippen molar-refractivity contribution in [2.75, 3.05) is 0 Å². The van der Waals surface area contributed by atoms with E-state index in [9.17, 15) is 20.1 Å². The van der Waals surface area contributed by atoms with Gasteiger partial charge in [0.1, 0.15) is 5.78 Å². The molecular weight excluding hydrogens is 573 g/mol. The molecule has 0 heterocycles. The zero-order chi connectivity index (χ0) is 18.9. The standard InChI is InChI=1S/C21H25O4.3Rb/c1-3-19(23)13-9-6-10-16-20(24)14-7-4-5-8-15-21(25)17-11-12-18(2)22;;;/h4-5,7,9,13-14,19-21H,3,11-12,16-17H2,1-2H3;;;/q-3;3*+1/b5-4+,13-9+,14-7+;;;/t19-,20-,21+;;;/m0.../s1. The minimum Gasteiger partial charge on any atom is -0.849 e. The Bertz CT molecular complexity index is 592. The normalized spacial score (nSPS) is 13.2. The van der Waals surface area contributed by atoms with Crippen molar-refractivity contribution in [3.8, 4) is 23.7 Å². The first-order chi connectivity index (χ1) is 12.0. The molecule has 0 rings (SSSR count). The van der Waals surface area contributed by atoms with E-state index in [4.69, 9.17) is 0 Å². The summed E-state index contributed by atoms with van der Waals surface area (Å²) in [6.07, 6.45) is 8.42. The summed E-state index contributed by atoms with van der Waals surface area (Å²) in [5, 5.41) is 34.1. The van der Waals surface area contributed by atoms with Crippen LogP contribution >= 0.6 is 0 Å². The van der Waals surface area contributed by atoms with Crippen molar-refractivity contribution >= 4 is 5.78 Å². The number of carbonyl (C=O) groups excluding carboxylic acids is 1. The van der Waals surface area contributed by atoms with Crippen LogP contribution < -0.4 is 190 Å². The fourth-order valence-electron chi connectivity index (χ4n) is 1.62. The summed E-state index contributed by atoms with van der Waals surface area (Å²) in [4.78, 5) is 10.7. The smallest absolute Gasteiger partial charge is 0.849 e. The molecule has 3 atom stereocenters. The molecule has 0 radical (unpaired) electrons. The molecule has 0 saturated carbocycles. The molecular formula is C21H25O4Rb3. The number of allylic oxidation sites excluding steroid dienone is 4. The molecule has 7 heteroatoms. The molecule has 0 amide bonds. The van der Waals surface area contributed by atoms with Gasteiger partial charge in [-0.3, -0.25) is 0 Å². The Labute approximate surface area is 316 Å². The van der Waals surface area contributed by atoms with Crippen molar-refractivity contribution < 1.29 is 195 Å². The number of rotatable bonds is 9. The van der Waals surface area contributed by atoms with Crippen LogP contribution in [0.25, 0.3) is 0 Å². The van der Waals surface area contributed by atoms with Gasteiger partial charge in [-0.15, -0.1) is 12.0 Å². The molecule has 0 aliphatic carbocycles. The molecule has 0 aromatic heterocycles. The first-order valence-corrected chi connectivity index (χ1v) is 8.42. The van der Waals surface area contributed by atoms with Gasteiger partial charge in [-0.2, -0.15) is 0 Å². The van der Waals surface area contributed by atoms with Gasteiger partial charge in [0, 0.05) is 12.8 Å².